The van der Waals surface area contributed by atoms with Crippen molar-refractivity contribution in [1.82, 2.24) is 43.6 Å². The lowest BCUT2D eigenvalue weighted by Gasteiger charge is -2.31. The van der Waals surface area contributed by atoms with Crippen molar-refractivity contribution in [3.8, 4) is 0 Å². The van der Waals surface area contributed by atoms with Gasteiger partial charge in [0.1, 0.15) is 126 Å². The summed E-state index contributed by atoms with van der Waals surface area (Å²) in [7, 11) is 0. The number of anilines is 2. The van der Waals surface area contributed by atoms with Gasteiger partial charge in [0.25, 0.3) is 0 Å². The molecule has 17 rings (SSSR count). The van der Waals surface area contributed by atoms with Crippen LogP contribution in [0.4, 0.5) is 11.6 Å². The summed E-state index contributed by atoms with van der Waals surface area (Å²) in [4.78, 5) is 28.3. The van der Waals surface area contributed by atoms with Gasteiger partial charge in [-0.05, 0) is 100 Å². The summed E-state index contributed by atoms with van der Waals surface area (Å²) in [5, 5.41) is 24.0. The van der Waals surface area contributed by atoms with Crippen molar-refractivity contribution in [2.24, 2.45) is 0 Å². The Morgan fingerprint density at radius 3 is 1.28 bits per heavy atom. The first-order valence-electron chi connectivity index (χ1n) is 28.2. The van der Waals surface area contributed by atoms with Crippen LogP contribution in [0.2, 0.25) is 18.2 Å². The average Bonchev–Trinajstić information content (AvgIpc) is 1.64. The highest BCUT2D eigenvalue weighted by Gasteiger charge is 2.61. The van der Waals surface area contributed by atoms with E-state index in [9.17, 15) is 10.2 Å². The molecular weight excluding hydrogens is 1280 g/mol. The number of ether oxygens (including phenoxy) is 10. The number of nitrogens with two attached hydrogens (primary N) is 2. The van der Waals surface area contributed by atoms with Crippen LogP contribution in [0.5, 0.6) is 0 Å². The number of fused-ring (bicyclic) bond motifs is 8. The zero-order chi connectivity index (χ0) is 59.9. The van der Waals surface area contributed by atoms with Crippen LogP contribution >= 0.6 is 80.4 Å². The maximum absolute atomic E-state index is 10.7. The molecule has 6 N–H and O–H groups in total. The van der Waals surface area contributed by atoms with Crippen LogP contribution in [0.3, 0.4) is 0 Å². The monoisotopic (exact) mass is 1340 g/mol. The van der Waals surface area contributed by atoms with Crippen molar-refractivity contribution in [2.45, 2.75) is 158 Å². The standard InChI is InChI=1S/C20H19Cl2N3O4S.C20H21ClN4O4S.C17H17ClN4O4S.CH4/c2*1-20(2)28-13-12(14-16-9(4-6-26-14)7-11(21)30-16)27-19(15(13)29-20)25-5-3-10-17(22)23-8-24-18(10)25;18-9-5-7-2-4-25-13(14(7)27-9)12-10(23)11(24)17(26-12)22-3-1-8-15(19)20-6-21-16(8)22;/h3,5,7-8,12-15,19H,4,6H2,1-2H3;3,5,7-8,12-15,19H,4,6H2,1-2H3,(H2,22,23,24);1,3,5-6,10-13,17,23-24H,2,4H2,(H2,19,20,21);1H4/t2*12-,13+,14-,15+,19+;10-,11+,12-,13-,17+;/m000./s1. The highest BCUT2D eigenvalue weighted by molar-refractivity contribution is 7.17. The summed E-state index contributed by atoms with van der Waals surface area (Å²) in [5.41, 5.74) is 17.4. The van der Waals surface area contributed by atoms with E-state index in [0.29, 0.717) is 63.3 Å². The van der Waals surface area contributed by atoms with Gasteiger partial charge in [-0.2, -0.15) is 0 Å². The zero-order valence-electron chi connectivity index (χ0n) is 46.7. The number of nitrogen functional groups attached to an aromatic ring is 2. The van der Waals surface area contributed by atoms with Gasteiger partial charge in [0.05, 0.1) is 49.0 Å². The largest absolute Gasteiger partial charge is 0.387 e. The number of hydrogen-bond acceptors (Lipinski definition) is 23. The molecule has 0 unspecified atom stereocenters. The van der Waals surface area contributed by atoms with Crippen molar-refractivity contribution in [1.29, 1.82) is 0 Å². The quantitative estimate of drug-likeness (QED) is 0.113. The molecule has 30 heteroatoms. The van der Waals surface area contributed by atoms with Crippen LogP contribution in [-0.4, -0.2) is 140 Å². The fourth-order valence-electron chi connectivity index (χ4n) is 13.2. The zero-order valence-corrected chi connectivity index (χ0v) is 52.2. The molecule has 0 saturated carbocycles. The summed E-state index contributed by atoms with van der Waals surface area (Å²) in [6.45, 7) is 9.42. The van der Waals surface area contributed by atoms with E-state index in [-0.39, 0.29) is 56.3 Å². The van der Waals surface area contributed by atoms with Gasteiger partial charge in [0.15, 0.2) is 30.3 Å². The third-order valence-electron chi connectivity index (χ3n) is 16.9. The van der Waals surface area contributed by atoms with Crippen molar-refractivity contribution in [3.63, 3.8) is 0 Å². The Labute approximate surface area is 535 Å². The van der Waals surface area contributed by atoms with Gasteiger partial charge < -0.3 is 82.8 Å². The SMILES string of the molecule is C.CC1(C)O[C@H]2[C@@H](O1)[C@H](n1ccc3c(Cl)ncnc31)O[C@@H]2[C@@H]1OCCc2cc(Cl)sc21.CC1(C)O[C@H]2[C@@H](O1)[C@H](n1ccc3c(N)ncnc31)O[C@@H]2[C@@H]1OCCc2cc(Cl)sc21.Nc1ncnc2c1ccn2[C@@H]1O[C@H]([C@@H]2OCCc3cc(Cl)sc32)[C@@H](O)[C@H]1O. The van der Waals surface area contributed by atoms with Gasteiger partial charge in [-0.3, -0.25) is 0 Å². The summed E-state index contributed by atoms with van der Waals surface area (Å²) in [6, 6.07) is 11.5. The second-order valence-corrected chi connectivity index (χ2v) is 28.6. The van der Waals surface area contributed by atoms with Gasteiger partial charge in [-0.15, -0.1) is 34.0 Å². The fraction of sp³-hybridized carbons (Fsp3) is 0.483. The van der Waals surface area contributed by atoms with Gasteiger partial charge in [0, 0.05) is 33.2 Å². The summed E-state index contributed by atoms with van der Waals surface area (Å²) in [5.74, 6) is -0.675. The summed E-state index contributed by atoms with van der Waals surface area (Å²) in [6.07, 6.45) is 4.65. The van der Waals surface area contributed by atoms with Crippen LogP contribution in [0.15, 0.2) is 74.0 Å². The Morgan fingerprint density at radius 2 is 0.841 bits per heavy atom. The van der Waals surface area contributed by atoms with Crippen LogP contribution < -0.4 is 11.5 Å². The number of hydrogen-bond donors (Lipinski definition) is 4. The molecule has 466 valence electrons. The summed E-state index contributed by atoms with van der Waals surface area (Å²) < 4.78 is 70.4. The number of aliphatic hydroxyl groups is 2. The minimum atomic E-state index is -1.15. The Hall–Kier alpha value is -4.76. The first-order valence-corrected chi connectivity index (χ1v) is 32.2. The van der Waals surface area contributed by atoms with E-state index in [0.717, 1.165) is 58.9 Å². The average molecular weight is 1340 g/mol. The van der Waals surface area contributed by atoms with E-state index >= 15 is 0 Å². The van der Waals surface area contributed by atoms with Gasteiger partial charge in [-0.25, -0.2) is 29.9 Å². The number of aromatic nitrogens is 9. The molecule has 17 heterocycles. The van der Waals surface area contributed by atoms with E-state index in [1.807, 2.05) is 79.6 Å². The van der Waals surface area contributed by atoms with Crippen LogP contribution in [0, 0.1) is 0 Å². The molecule has 0 aromatic carbocycles. The second kappa shape index (κ2) is 23.4. The lowest BCUT2D eigenvalue weighted by molar-refractivity contribution is -0.212. The van der Waals surface area contributed by atoms with Crippen molar-refractivity contribution in [3.05, 3.63) is 123 Å². The molecular formula is C58H61Cl4N11O12S3. The first kappa shape index (κ1) is 60.8. The third kappa shape index (κ3) is 10.6. The minimum Gasteiger partial charge on any atom is -0.387 e. The molecule has 8 aliphatic rings. The second-order valence-electron chi connectivity index (χ2n) is 23.1. The van der Waals surface area contributed by atoms with Gasteiger partial charge in [-0.1, -0.05) is 53.8 Å². The number of aliphatic hydroxyl groups excluding tert-OH is 2. The maximum atomic E-state index is 10.7. The molecule has 0 aliphatic carbocycles. The maximum Gasteiger partial charge on any atom is 0.164 e. The molecule has 0 amide bonds. The fourth-order valence-corrected chi connectivity index (χ4v) is 17.6. The smallest absolute Gasteiger partial charge is 0.164 e. The molecule has 9 aromatic rings. The lowest BCUT2D eigenvalue weighted by atomic mass is 9.99. The molecule has 15 atom stereocenters. The normalized spacial score (nSPS) is 31.5. The molecule has 23 nitrogen and oxygen atoms in total. The first-order chi connectivity index (χ1) is 41.9. The minimum absolute atomic E-state index is 0. The molecule has 88 heavy (non-hydrogen) atoms. The topological polar surface area (TPSA) is 277 Å². The van der Waals surface area contributed by atoms with Crippen LogP contribution in [0.25, 0.3) is 33.1 Å². The third-order valence-corrected chi connectivity index (χ3v) is 21.3. The van der Waals surface area contributed by atoms with E-state index in [4.69, 9.17) is 105 Å². The van der Waals surface area contributed by atoms with Crippen molar-refractivity contribution >= 4 is 125 Å². The van der Waals surface area contributed by atoms with E-state index in [2.05, 4.69) is 29.9 Å². The molecule has 0 radical (unpaired) electrons. The van der Waals surface area contributed by atoms with Crippen LogP contribution in [0.1, 0.15) is 103 Å². The van der Waals surface area contributed by atoms with E-state index in [1.54, 1.807) is 39.5 Å². The number of nitrogens with zero attached hydrogens (tertiary/aromatic N) is 9. The Kier molecular flexibility index (Phi) is 16.2. The number of thiophene rings is 3. The van der Waals surface area contributed by atoms with Crippen molar-refractivity contribution in [2.75, 3.05) is 31.3 Å². The van der Waals surface area contributed by atoms with Crippen LogP contribution in [-0.2, 0) is 66.6 Å². The highest BCUT2D eigenvalue weighted by Crippen LogP contribution is 2.53. The van der Waals surface area contributed by atoms with E-state index in [1.165, 1.54) is 41.4 Å². The van der Waals surface area contributed by atoms with Crippen molar-refractivity contribution < 1.29 is 57.6 Å². The molecule has 0 bridgehead atoms. The number of rotatable bonds is 6. The molecule has 8 aliphatic heterocycles. The number of halogens is 4. The Bertz CT molecular complexity index is 3910. The highest BCUT2D eigenvalue weighted by atomic mass is 35.5. The summed E-state index contributed by atoms with van der Waals surface area (Å²) >= 11 is 29.5. The van der Waals surface area contributed by atoms with Gasteiger partial charge >= 0.3 is 0 Å². The Morgan fingerprint density at radius 1 is 0.477 bits per heavy atom. The molecule has 9 aromatic heterocycles. The Balaban J connectivity index is 0.000000115. The molecule has 0 spiro atoms. The molecule has 5 saturated heterocycles. The predicted molar refractivity (Wildman–Crippen MR) is 330 cm³/mol. The van der Waals surface area contributed by atoms with E-state index < -0.39 is 54.7 Å². The molecule has 5 fully saturated rings. The predicted octanol–water partition coefficient (Wildman–Crippen LogP) is 10.3. The van der Waals surface area contributed by atoms with Gasteiger partial charge in [0.2, 0.25) is 0 Å². The lowest BCUT2D eigenvalue weighted by Crippen LogP contribution is -2.37.